The SMILES string of the molecule is C.CC(C)(S)CNCC(CCCCCOc1ccc(C(=O)Nc2cc(C(=O)O)cc(C(=O)O)c2)cc1)NCC(C)(C)S.CC(C)(S)CNCC(CCCCCOc1ccc(C(=O)ON2C(=O)CCC2=O)cc1)NCC(C)(C)S.Nc1cc(C(=O)O)cc(C(=O)O)c1. The first-order chi connectivity index (χ1) is 42.0. The number of anilines is 2. The van der Waals surface area contributed by atoms with Crippen molar-refractivity contribution in [2.45, 2.75) is 158 Å². The van der Waals surface area contributed by atoms with Gasteiger partial charge in [0.15, 0.2) is 0 Å². The van der Waals surface area contributed by atoms with Crippen LogP contribution in [0.4, 0.5) is 11.4 Å². The number of carbonyl (C=O) groups excluding carboxylic acids is 4. The Kier molecular flexibility index (Phi) is 34.6. The fraction of sp³-hybridized carbons (Fsp3) is 0.508. The van der Waals surface area contributed by atoms with Crippen LogP contribution in [0.15, 0.2) is 84.9 Å². The predicted octanol–water partition coefficient (Wildman–Crippen LogP) is 10.4. The van der Waals surface area contributed by atoms with E-state index < -0.39 is 47.6 Å². The topological polar surface area (TPSA) is 335 Å². The molecular weight excluding hydrogens is 1250 g/mol. The molecule has 504 valence electrons. The van der Waals surface area contributed by atoms with Gasteiger partial charge in [-0.15, -0.1) is 5.06 Å². The van der Waals surface area contributed by atoms with Gasteiger partial charge in [0.05, 0.1) is 41.0 Å². The second-order valence-electron chi connectivity index (χ2n) is 24.4. The number of thiol groups is 4. The van der Waals surface area contributed by atoms with Crippen LogP contribution in [0.5, 0.6) is 11.5 Å². The van der Waals surface area contributed by atoms with E-state index in [1.807, 2.05) is 0 Å². The van der Waals surface area contributed by atoms with Crippen molar-refractivity contribution in [1.29, 1.82) is 0 Å². The highest BCUT2D eigenvalue weighted by Gasteiger charge is 2.33. The number of nitrogen functional groups attached to an aromatic ring is 1. The summed E-state index contributed by atoms with van der Waals surface area (Å²) in [5, 5.41) is 52.9. The van der Waals surface area contributed by atoms with E-state index in [9.17, 15) is 48.6 Å². The molecule has 26 heteroatoms. The molecule has 91 heavy (non-hydrogen) atoms. The summed E-state index contributed by atoms with van der Waals surface area (Å²) in [7, 11) is 0. The van der Waals surface area contributed by atoms with Gasteiger partial charge in [-0.1, -0.05) is 33.1 Å². The van der Waals surface area contributed by atoms with Crippen LogP contribution in [0.1, 0.15) is 189 Å². The lowest BCUT2D eigenvalue weighted by Crippen LogP contribution is -2.45. The van der Waals surface area contributed by atoms with Crippen molar-refractivity contribution >= 4 is 109 Å². The number of carbonyl (C=O) groups is 8. The van der Waals surface area contributed by atoms with Gasteiger partial charge >= 0.3 is 29.8 Å². The van der Waals surface area contributed by atoms with E-state index in [1.165, 1.54) is 24.3 Å². The van der Waals surface area contributed by atoms with Crippen molar-refractivity contribution in [3.63, 3.8) is 0 Å². The summed E-state index contributed by atoms with van der Waals surface area (Å²) in [5.41, 5.74) is 5.37. The van der Waals surface area contributed by atoms with E-state index in [4.69, 9.17) is 30.3 Å². The standard InChI is InChI=1S/C30H43N3O6S2.C26H41N3O5S2.C8H7NO4.CH4/c1-29(2,40)18-31-17-23(32-19-30(3,4)41)8-6-5-7-13-39-25-11-9-20(10-12-25)26(34)33-24-15-21(27(35)36)14-22(16-24)28(37)38;1-25(2,35)17-27-16-20(28-18-26(3,4)36)8-6-5-7-15-33-21-11-9-19(10-12-21)24(32)34-29-22(30)13-14-23(29)31;9-6-2-4(7(10)11)1-5(3-6)8(12)13;/h9-12,14-16,23,31-32,40-41H,5-8,13,17-19H2,1-4H3,(H,33,34)(H,35,36)(H,37,38);9-12,20,27-28,35-36H,5-8,13-18H2,1-4H3;1-3H,9H2,(H,10,11)(H,12,13);1H4. The largest absolute Gasteiger partial charge is 0.494 e. The Labute approximate surface area is 557 Å². The highest BCUT2D eigenvalue weighted by molar-refractivity contribution is 7.82. The smallest absolute Gasteiger partial charge is 0.363 e. The number of benzene rings is 4. The molecule has 5 rings (SSSR count). The van der Waals surface area contributed by atoms with Gasteiger partial charge < -0.3 is 67.1 Å². The molecule has 4 aromatic rings. The predicted molar refractivity (Wildman–Crippen MR) is 369 cm³/mol. The van der Waals surface area contributed by atoms with Crippen molar-refractivity contribution in [3.8, 4) is 11.5 Å². The molecule has 0 bridgehead atoms. The molecule has 11 N–H and O–H groups in total. The number of aromatic carboxylic acids is 4. The second-order valence-corrected chi connectivity index (χ2v) is 29.2. The Hall–Kier alpha value is -6.52. The zero-order valence-corrected chi connectivity index (χ0v) is 56.1. The molecule has 0 radical (unpaired) electrons. The molecule has 2 atom stereocenters. The van der Waals surface area contributed by atoms with Crippen molar-refractivity contribution < 1.29 is 73.1 Å². The van der Waals surface area contributed by atoms with Crippen LogP contribution >= 0.6 is 50.5 Å². The summed E-state index contributed by atoms with van der Waals surface area (Å²) in [5.74, 6) is -5.93. The van der Waals surface area contributed by atoms with E-state index in [-0.39, 0.29) is 78.4 Å². The van der Waals surface area contributed by atoms with E-state index in [0.29, 0.717) is 47.4 Å². The Balaban J connectivity index is 0.000000515. The van der Waals surface area contributed by atoms with E-state index in [0.717, 1.165) is 103 Å². The molecule has 1 aliphatic heterocycles. The highest BCUT2D eigenvalue weighted by Crippen LogP contribution is 2.22. The minimum atomic E-state index is -1.29. The molecule has 0 aliphatic carbocycles. The maximum atomic E-state index is 12.6. The van der Waals surface area contributed by atoms with Gasteiger partial charge in [0.25, 0.3) is 17.7 Å². The monoisotopic (exact) mass is 1340 g/mol. The number of nitrogens with one attached hydrogen (secondary N) is 5. The number of nitrogens with two attached hydrogens (primary N) is 1. The highest BCUT2D eigenvalue weighted by atomic mass is 32.1. The Bertz CT molecular complexity index is 2920. The molecule has 1 saturated heterocycles. The molecule has 0 spiro atoms. The van der Waals surface area contributed by atoms with Crippen LogP contribution in [0, 0.1) is 0 Å². The first-order valence-corrected chi connectivity index (χ1v) is 31.4. The van der Waals surface area contributed by atoms with Crippen LogP contribution in [0.3, 0.4) is 0 Å². The summed E-state index contributed by atoms with van der Waals surface area (Å²) < 4.78 is 11.4. The molecule has 3 amide bonds. The lowest BCUT2D eigenvalue weighted by atomic mass is 10.1. The number of unbranched alkanes of at least 4 members (excludes halogenated alkanes) is 4. The van der Waals surface area contributed by atoms with Gasteiger partial charge in [-0.25, -0.2) is 24.0 Å². The number of amides is 3. The average Bonchev–Trinajstić information content (AvgIpc) is 1.88. The number of carboxylic acids is 4. The zero-order chi connectivity index (χ0) is 67.4. The molecule has 0 aromatic heterocycles. The molecule has 4 aromatic carbocycles. The number of ether oxygens (including phenoxy) is 2. The van der Waals surface area contributed by atoms with Gasteiger partial charge in [0.1, 0.15) is 11.5 Å². The van der Waals surface area contributed by atoms with Crippen LogP contribution in [-0.2, 0) is 14.4 Å². The van der Waals surface area contributed by atoms with Crippen molar-refractivity contribution in [2.75, 3.05) is 63.5 Å². The van der Waals surface area contributed by atoms with Crippen LogP contribution < -0.4 is 41.8 Å². The maximum absolute atomic E-state index is 12.6. The Morgan fingerprint density at radius 3 is 1.21 bits per heavy atom. The molecule has 0 saturated carbocycles. The number of hydroxylamine groups is 2. The number of hydrogen-bond acceptors (Lipinski definition) is 20. The minimum absolute atomic E-state index is 0. The number of imide groups is 1. The Morgan fingerprint density at radius 2 is 0.857 bits per heavy atom. The van der Waals surface area contributed by atoms with Gasteiger partial charge in [-0.05, 0) is 166 Å². The summed E-state index contributed by atoms with van der Waals surface area (Å²) in [6.45, 7) is 23.0. The third kappa shape index (κ3) is 34.6. The van der Waals surface area contributed by atoms with Gasteiger partial charge in [0.2, 0.25) is 0 Å². The fourth-order valence-electron chi connectivity index (χ4n) is 8.40. The second kappa shape index (κ2) is 39.1. The lowest BCUT2D eigenvalue weighted by Gasteiger charge is -2.26. The number of carboxylic acid groups (broad SMARTS) is 4. The first kappa shape index (κ1) is 80.6. The van der Waals surface area contributed by atoms with Crippen LogP contribution in [0.2, 0.25) is 0 Å². The van der Waals surface area contributed by atoms with Gasteiger partial charge in [-0.3, -0.25) is 14.4 Å². The molecule has 1 aliphatic rings. The number of rotatable bonds is 36. The van der Waals surface area contributed by atoms with Gasteiger partial charge in [-0.2, -0.15) is 50.5 Å². The first-order valence-electron chi connectivity index (χ1n) is 29.6. The summed E-state index contributed by atoms with van der Waals surface area (Å²) >= 11 is 18.4. The van der Waals surface area contributed by atoms with Crippen LogP contribution in [0.25, 0.3) is 0 Å². The fourth-order valence-corrected chi connectivity index (χ4v) is 8.80. The molecule has 2 unspecified atom stereocenters. The molecule has 1 fully saturated rings. The normalized spacial score (nSPS) is 13.1. The average molecular weight is 1340 g/mol. The molecular formula is C65H95N7O15S4. The zero-order valence-electron chi connectivity index (χ0n) is 52.6. The van der Waals surface area contributed by atoms with Crippen molar-refractivity contribution in [1.82, 2.24) is 26.3 Å². The van der Waals surface area contributed by atoms with Gasteiger partial charge in [0, 0.05) is 100 Å². The summed E-state index contributed by atoms with van der Waals surface area (Å²) in [6, 6.07) is 20.7. The van der Waals surface area contributed by atoms with E-state index >= 15 is 0 Å². The molecule has 22 nitrogen and oxygen atoms in total. The lowest BCUT2D eigenvalue weighted by molar-refractivity contribution is -0.172. The summed E-state index contributed by atoms with van der Waals surface area (Å²) in [4.78, 5) is 96.4. The Morgan fingerprint density at radius 1 is 0.505 bits per heavy atom. The van der Waals surface area contributed by atoms with Crippen LogP contribution in [-0.4, -0.2) is 157 Å². The third-order valence-corrected chi connectivity index (χ3v) is 13.6. The van der Waals surface area contributed by atoms with E-state index in [2.05, 4.69) is 132 Å². The maximum Gasteiger partial charge on any atom is 0.363 e. The number of nitrogens with zero attached hydrogens (tertiary/aromatic N) is 1. The van der Waals surface area contributed by atoms with E-state index in [1.54, 1.807) is 48.5 Å². The minimum Gasteiger partial charge on any atom is -0.494 e. The quantitative estimate of drug-likeness (QED) is 0.00871. The van der Waals surface area contributed by atoms with Crippen molar-refractivity contribution in [3.05, 3.63) is 118 Å². The molecule has 1 heterocycles. The summed E-state index contributed by atoms with van der Waals surface area (Å²) in [6.07, 6.45) is 8.26. The van der Waals surface area contributed by atoms with Crippen molar-refractivity contribution in [2.24, 2.45) is 0 Å². The number of hydrogen-bond donors (Lipinski definition) is 14. The third-order valence-electron chi connectivity index (χ3n) is 13.0.